The molecule has 3 N–H and O–H groups in total. The van der Waals surface area contributed by atoms with Crippen LogP contribution in [0.1, 0.15) is 145 Å². The van der Waals surface area contributed by atoms with Crippen molar-refractivity contribution in [1.29, 1.82) is 0 Å². The first-order valence-corrected chi connectivity index (χ1v) is 36.7. The number of aromatic nitrogens is 1. The van der Waals surface area contributed by atoms with Crippen molar-refractivity contribution in [3.05, 3.63) is 102 Å². The molecular weight excluding hydrogens is 1330 g/mol. The third-order valence-corrected chi connectivity index (χ3v) is 19.7. The molecule has 10 atom stereocenters. The van der Waals surface area contributed by atoms with E-state index in [4.69, 9.17) is 4.74 Å². The number of amides is 12. The molecule has 2 aromatic carbocycles. The van der Waals surface area contributed by atoms with E-state index in [2.05, 4.69) is 20.9 Å². The Morgan fingerprint density at radius 3 is 1.42 bits per heavy atom. The third-order valence-electron chi connectivity index (χ3n) is 19.7. The number of nitrogens with one attached hydrogen (secondary N) is 3. The molecule has 2 aliphatic heterocycles. The smallest absolute Gasteiger partial charge is 0.247 e. The summed E-state index contributed by atoms with van der Waals surface area (Å²) in [6.45, 7) is 21.2. The molecule has 0 spiro atoms. The van der Waals surface area contributed by atoms with Crippen LogP contribution in [0.3, 0.4) is 0 Å². The number of piperidine rings is 1. The summed E-state index contributed by atoms with van der Waals surface area (Å²) in [5.41, 5.74) is 1.02. The van der Waals surface area contributed by atoms with Gasteiger partial charge < -0.3 is 64.8 Å². The van der Waals surface area contributed by atoms with Gasteiger partial charge in [-0.3, -0.25) is 62.5 Å². The van der Waals surface area contributed by atoms with Crippen LogP contribution in [0.2, 0.25) is 0 Å². The molecule has 104 heavy (non-hydrogen) atoms. The molecular formula is C78H119N13O13. The quantitative estimate of drug-likeness (QED) is 0.173. The Morgan fingerprint density at radius 2 is 0.933 bits per heavy atom. The van der Waals surface area contributed by atoms with Gasteiger partial charge in [-0.05, 0) is 113 Å². The van der Waals surface area contributed by atoms with E-state index >= 15 is 43.2 Å². The van der Waals surface area contributed by atoms with Crippen LogP contribution < -0.4 is 16.0 Å². The number of likely N-dealkylation sites (tertiary alicyclic amines) is 1. The second-order valence-corrected chi connectivity index (χ2v) is 30.9. The van der Waals surface area contributed by atoms with Gasteiger partial charge in [-0.25, -0.2) is 0 Å². The highest BCUT2D eigenvalue weighted by Crippen LogP contribution is 2.25. The zero-order valence-corrected chi connectivity index (χ0v) is 65.3. The average Bonchev–Trinajstić information content (AvgIpc) is 0.812. The maximum Gasteiger partial charge on any atom is 0.247 e. The van der Waals surface area contributed by atoms with Gasteiger partial charge in [0.25, 0.3) is 0 Å². The maximum atomic E-state index is 15.6. The van der Waals surface area contributed by atoms with Gasteiger partial charge in [0.05, 0.1) is 25.2 Å². The number of hydrogen-bond acceptors (Lipinski definition) is 14. The number of likely N-dealkylation sites (N-methyl/N-ethyl adjacent to an activating group) is 8. The van der Waals surface area contributed by atoms with E-state index in [0.29, 0.717) is 42.6 Å². The van der Waals surface area contributed by atoms with Gasteiger partial charge in [-0.2, -0.15) is 0 Å². The number of nitrogens with zero attached hydrogens (tertiary/aromatic N) is 10. The predicted molar refractivity (Wildman–Crippen MR) is 397 cm³/mol. The van der Waals surface area contributed by atoms with Crippen molar-refractivity contribution < 1.29 is 62.3 Å². The van der Waals surface area contributed by atoms with Crippen LogP contribution in [0.25, 0.3) is 0 Å². The van der Waals surface area contributed by atoms with Crippen LogP contribution in [0.15, 0.2) is 85.2 Å². The Kier molecular flexibility index (Phi) is 32.5. The largest absolute Gasteiger partial charge is 0.373 e. The van der Waals surface area contributed by atoms with Crippen molar-refractivity contribution in [2.75, 3.05) is 82.6 Å². The molecule has 0 saturated carbocycles. The summed E-state index contributed by atoms with van der Waals surface area (Å²) in [6.07, 6.45) is 4.82. The summed E-state index contributed by atoms with van der Waals surface area (Å²) in [6, 6.07) is 8.11. The van der Waals surface area contributed by atoms with E-state index in [1.165, 1.54) is 92.7 Å². The lowest BCUT2D eigenvalue weighted by atomic mass is 9.96. The number of carbonyl (C=O) groups is 12. The molecule has 0 bridgehead atoms. The second kappa shape index (κ2) is 39.3. The molecule has 574 valence electrons. The summed E-state index contributed by atoms with van der Waals surface area (Å²) in [4.78, 5) is 198. The molecule has 3 heterocycles. The molecule has 12 amide bonds. The zero-order chi connectivity index (χ0) is 77.8. The maximum absolute atomic E-state index is 15.6. The van der Waals surface area contributed by atoms with Crippen LogP contribution in [-0.2, 0) is 81.5 Å². The number of carbonyl (C=O) groups excluding carboxylic acids is 12. The van der Waals surface area contributed by atoms with E-state index in [0.717, 1.165) is 16.2 Å². The molecule has 0 unspecified atom stereocenters. The van der Waals surface area contributed by atoms with Crippen LogP contribution in [0.5, 0.6) is 0 Å². The Bertz CT molecular complexity index is 3400. The fourth-order valence-electron chi connectivity index (χ4n) is 13.3. The van der Waals surface area contributed by atoms with Crippen molar-refractivity contribution in [2.45, 2.75) is 213 Å². The minimum atomic E-state index is -1.49. The normalized spacial score (nSPS) is 24.5. The first kappa shape index (κ1) is 85.8. The fraction of sp³-hybridized carbons (Fsp3) is 0.628. The molecule has 1 aromatic heterocycles. The molecule has 0 radical (unpaired) electrons. The highest BCUT2D eigenvalue weighted by atomic mass is 16.5. The van der Waals surface area contributed by atoms with Crippen LogP contribution in [-0.4, -0.2) is 269 Å². The summed E-state index contributed by atoms with van der Waals surface area (Å²) in [5, 5.41) is 8.67. The van der Waals surface area contributed by atoms with Crippen LogP contribution in [0, 0.1) is 23.7 Å². The first-order valence-electron chi connectivity index (χ1n) is 36.7. The Morgan fingerprint density at radius 1 is 0.481 bits per heavy atom. The molecule has 0 aliphatic carbocycles. The SMILES string of the molecule is CC(C)C[C@H]1C(=O)N[C@@H](COC(C)(C)C)C(=O)N(C)[C@@H](Cc2ccccc2)C(=O)N(C)[C@@H](C(C)C)C(=O)N[C@H](C(=O)N2CCCCC2)CC(=O)N(C)[C@@H](C)C(=O)N(C)[C@@H](Cc2ccccc2)C(=O)N(C)[C@@H](CC(C)C)C(=O)N(C)[C@@H](CC(C)C)C(=O)N[C@@H](Cc2cccnc2)C(=O)N(C)CC(=O)N1C. The fourth-order valence-corrected chi connectivity index (χ4v) is 13.3. The number of ether oxygens (including phenoxy) is 1. The van der Waals surface area contributed by atoms with E-state index in [1.807, 2.05) is 47.6 Å². The molecule has 26 heteroatoms. The summed E-state index contributed by atoms with van der Waals surface area (Å²) in [7, 11) is 11.4. The van der Waals surface area contributed by atoms with Gasteiger partial charge in [0, 0.05) is 101 Å². The van der Waals surface area contributed by atoms with Crippen molar-refractivity contribution >= 4 is 70.9 Å². The molecule has 2 fully saturated rings. The van der Waals surface area contributed by atoms with Gasteiger partial charge in [0.2, 0.25) is 70.9 Å². The summed E-state index contributed by atoms with van der Waals surface area (Å²) in [5.74, 6) is -9.42. The molecule has 3 aromatic rings. The summed E-state index contributed by atoms with van der Waals surface area (Å²) >= 11 is 0. The minimum Gasteiger partial charge on any atom is -0.373 e. The van der Waals surface area contributed by atoms with Crippen molar-refractivity contribution in [1.82, 2.24) is 65.0 Å². The van der Waals surface area contributed by atoms with Gasteiger partial charge in [-0.15, -0.1) is 0 Å². The molecule has 26 nitrogen and oxygen atoms in total. The zero-order valence-electron chi connectivity index (χ0n) is 65.3. The molecule has 2 aliphatic rings. The lowest BCUT2D eigenvalue weighted by Gasteiger charge is -2.39. The van der Waals surface area contributed by atoms with E-state index in [-0.39, 0.29) is 62.9 Å². The lowest BCUT2D eigenvalue weighted by molar-refractivity contribution is -0.154. The van der Waals surface area contributed by atoms with Crippen molar-refractivity contribution in [3.63, 3.8) is 0 Å². The third kappa shape index (κ3) is 24.1. The number of benzene rings is 2. The van der Waals surface area contributed by atoms with E-state index in [1.54, 1.807) is 119 Å². The van der Waals surface area contributed by atoms with Gasteiger partial charge in [0.1, 0.15) is 60.4 Å². The Balaban J connectivity index is 1.72. The number of hydrogen-bond donors (Lipinski definition) is 3. The van der Waals surface area contributed by atoms with Gasteiger partial charge in [0.15, 0.2) is 0 Å². The monoisotopic (exact) mass is 1450 g/mol. The van der Waals surface area contributed by atoms with Crippen LogP contribution in [0.4, 0.5) is 0 Å². The predicted octanol–water partition coefficient (Wildman–Crippen LogP) is 4.86. The van der Waals surface area contributed by atoms with Crippen molar-refractivity contribution in [3.8, 4) is 0 Å². The lowest BCUT2D eigenvalue weighted by Crippen LogP contribution is -2.62. The highest BCUT2D eigenvalue weighted by Gasteiger charge is 2.45. The summed E-state index contributed by atoms with van der Waals surface area (Å²) < 4.78 is 6.23. The molecule has 5 rings (SSSR count). The Hall–Kier alpha value is -8.81. The van der Waals surface area contributed by atoms with E-state index in [9.17, 15) is 14.4 Å². The molecule has 2 saturated heterocycles. The van der Waals surface area contributed by atoms with Crippen molar-refractivity contribution in [2.24, 2.45) is 23.7 Å². The minimum absolute atomic E-state index is 0.0249. The Labute approximate surface area is 617 Å². The second-order valence-electron chi connectivity index (χ2n) is 30.9. The first-order chi connectivity index (χ1) is 48.8. The standard InChI is InChI=1S/C78H119N13O13/c1-49(2)39-60-68(94)82-59(48-104-78(10,11)12)73(99)88(18)64(44-55-33-26-22-27-34-55)77(103)90(20)67(52(7)8)70(96)81-58(74(100)91-37-28-23-29-38-91)45-65(92)84(14)53(9)71(97)87(17)63(43-54-31-24-21-25-32-54)76(102)89(19)62(41-51(5)6)75(101)86(16)61(40-50(3)4)69(95)80-57(42-56-35-30-36-79-46-56)72(98)83(13)47-66(93)85(60)15/h21-22,24-27,30-36,46,49-53,57-64,67H,23,28-29,37-45,47-48H2,1-20H3,(H,80,95)(H,81,96)(H,82,94)/t53-,57-,58-,59-,60-,61-,62-,63-,64-,67-/m0/s1. The van der Waals surface area contributed by atoms with Gasteiger partial charge >= 0.3 is 0 Å². The number of pyridine rings is 1. The topological polar surface area (TPSA) is 292 Å². The van der Waals surface area contributed by atoms with E-state index < -0.39 is 156 Å². The average molecular weight is 1450 g/mol. The number of rotatable bonds is 16. The van der Waals surface area contributed by atoms with Crippen LogP contribution >= 0.6 is 0 Å². The van der Waals surface area contributed by atoms with Gasteiger partial charge in [-0.1, -0.05) is 122 Å². The highest BCUT2D eigenvalue weighted by molar-refractivity contribution is 6.00.